The van der Waals surface area contributed by atoms with Gasteiger partial charge in [-0.3, -0.25) is 9.59 Å². The molecule has 0 aliphatic heterocycles. The van der Waals surface area contributed by atoms with E-state index in [1.54, 1.807) is 14.2 Å². The van der Waals surface area contributed by atoms with Crippen LogP contribution in [0.3, 0.4) is 0 Å². The van der Waals surface area contributed by atoms with Crippen LogP contribution in [0.4, 0.5) is 0 Å². The quantitative estimate of drug-likeness (QED) is 0.168. The van der Waals surface area contributed by atoms with Crippen molar-refractivity contribution in [2.24, 2.45) is 35.3 Å². The molecule has 2 rings (SSSR count). The van der Waals surface area contributed by atoms with Gasteiger partial charge in [-0.2, -0.15) is 0 Å². The second-order valence-electron chi connectivity index (χ2n) is 12.5. The fourth-order valence-corrected chi connectivity index (χ4v) is 5.81. The molecule has 1 unspecified atom stereocenters. The summed E-state index contributed by atoms with van der Waals surface area (Å²) in [4.78, 5) is 25.1. The van der Waals surface area contributed by atoms with E-state index < -0.39 is 12.1 Å². The van der Waals surface area contributed by atoms with E-state index in [1.165, 1.54) is 7.11 Å². The number of rotatable bonds is 18. The molecule has 240 valence electrons. The molecular weight excluding hydrogens is 536 g/mol. The fourth-order valence-electron chi connectivity index (χ4n) is 5.81. The highest BCUT2D eigenvalue weighted by atomic mass is 16.5. The molecule has 1 fully saturated rings. The smallest absolute Gasteiger partial charge is 0.308 e. The molecule has 1 aliphatic carbocycles. The van der Waals surface area contributed by atoms with Crippen LogP contribution in [0.2, 0.25) is 0 Å². The molecule has 9 nitrogen and oxygen atoms in total. The van der Waals surface area contributed by atoms with Crippen LogP contribution in [-0.4, -0.2) is 69.7 Å². The van der Waals surface area contributed by atoms with Crippen LogP contribution in [-0.2, 0) is 25.5 Å². The lowest BCUT2D eigenvalue weighted by Gasteiger charge is -2.32. The molecule has 4 atom stereocenters. The topological polar surface area (TPSA) is 129 Å². The SMILES string of the molecule is COCCCOc1cc(C[C@@H](C[C@H](N)C(O)C[C@H](C(=O)NC2CCC(C(=O)OC)CC2)C(C)C)C(C)C)ccc1OC. The van der Waals surface area contributed by atoms with Gasteiger partial charge in [0.15, 0.2) is 11.5 Å². The first-order chi connectivity index (χ1) is 20.0. The van der Waals surface area contributed by atoms with Crippen LogP contribution in [0, 0.1) is 29.6 Å². The lowest BCUT2D eigenvalue weighted by Crippen LogP contribution is -2.46. The Kier molecular flexibility index (Phi) is 15.6. The molecule has 1 saturated carbocycles. The van der Waals surface area contributed by atoms with Crippen molar-refractivity contribution in [2.75, 3.05) is 34.5 Å². The van der Waals surface area contributed by atoms with Crippen molar-refractivity contribution in [3.8, 4) is 11.5 Å². The van der Waals surface area contributed by atoms with Crippen LogP contribution < -0.4 is 20.5 Å². The summed E-state index contributed by atoms with van der Waals surface area (Å²) in [5.41, 5.74) is 7.71. The third kappa shape index (κ3) is 11.4. The van der Waals surface area contributed by atoms with Gasteiger partial charge in [0.1, 0.15) is 0 Å². The largest absolute Gasteiger partial charge is 0.493 e. The van der Waals surface area contributed by atoms with E-state index in [-0.39, 0.29) is 41.6 Å². The molecule has 42 heavy (non-hydrogen) atoms. The number of esters is 1. The zero-order chi connectivity index (χ0) is 31.2. The second-order valence-corrected chi connectivity index (χ2v) is 12.5. The monoisotopic (exact) mass is 592 g/mol. The lowest BCUT2D eigenvalue weighted by atomic mass is 9.80. The molecule has 4 N–H and O–H groups in total. The van der Waals surface area contributed by atoms with Gasteiger partial charge in [0, 0.05) is 38.1 Å². The Labute approximate surface area is 253 Å². The summed E-state index contributed by atoms with van der Waals surface area (Å²) in [5, 5.41) is 14.3. The number of aliphatic hydroxyl groups is 1. The Bertz CT molecular complexity index is 946. The van der Waals surface area contributed by atoms with Crippen LogP contribution in [0.1, 0.15) is 78.2 Å². The van der Waals surface area contributed by atoms with Gasteiger partial charge in [-0.25, -0.2) is 0 Å². The summed E-state index contributed by atoms with van der Waals surface area (Å²) < 4.78 is 21.4. The van der Waals surface area contributed by atoms with Crippen LogP contribution >= 0.6 is 0 Å². The van der Waals surface area contributed by atoms with Crippen LogP contribution in [0.5, 0.6) is 11.5 Å². The molecule has 0 radical (unpaired) electrons. The summed E-state index contributed by atoms with van der Waals surface area (Å²) in [6, 6.07) is 5.59. The van der Waals surface area contributed by atoms with Gasteiger partial charge in [0.25, 0.3) is 0 Å². The molecule has 0 bridgehead atoms. The van der Waals surface area contributed by atoms with Crippen molar-refractivity contribution in [3.05, 3.63) is 23.8 Å². The number of nitrogens with two attached hydrogens (primary N) is 1. The van der Waals surface area contributed by atoms with Gasteiger partial charge >= 0.3 is 5.97 Å². The van der Waals surface area contributed by atoms with Gasteiger partial charge < -0.3 is 35.1 Å². The highest BCUT2D eigenvalue weighted by Gasteiger charge is 2.33. The Morgan fingerprint density at radius 1 is 0.976 bits per heavy atom. The molecule has 0 aromatic heterocycles. The number of hydrogen-bond donors (Lipinski definition) is 3. The number of carbonyl (C=O) groups is 2. The Morgan fingerprint density at radius 3 is 2.24 bits per heavy atom. The maximum atomic E-state index is 13.3. The number of hydrogen-bond acceptors (Lipinski definition) is 8. The predicted octanol–water partition coefficient (Wildman–Crippen LogP) is 4.51. The predicted molar refractivity (Wildman–Crippen MR) is 164 cm³/mol. The Hall–Kier alpha value is -2.36. The first kappa shape index (κ1) is 35.8. The zero-order valence-electron chi connectivity index (χ0n) is 26.9. The van der Waals surface area contributed by atoms with E-state index in [9.17, 15) is 14.7 Å². The summed E-state index contributed by atoms with van der Waals surface area (Å²) >= 11 is 0. The number of aliphatic hydroxyl groups excluding tert-OH is 1. The van der Waals surface area contributed by atoms with Crippen molar-refractivity contribution in [1.29, 1.82) is 0 Å². The minimum absolute atomic E-state index is 0.0362. The Morgan fingerprint density at radius 2 is 1.67 bits per heavy atom. The summed E-state index contributed by atoms with van der Waals surface area (Å²) in [5.74, 6) is 1.39. The second kappa shape index (κ2) is 18.3. The number of methoxy groups -OCH3 is 3. The van der Waals surface area contributed by atoms with Gasteiger partial charge in [0.2, 0.25) is 5.91 Å². The van der Waals surface area contributed by atoms with E-state index in [0.717, 1.165) is 31.2 Å². The molecule has 1 aliphatic rings. The first-order valence-electron chi connectivity index (χ1n) is 15.6. The van der Waals surface area contributed by atoms with E-state index in [4.69, 9.17) is 24.7 Å². The summed E-state index contributed by atoms with van der Waals surface area (Å²) in [6.07, 6.45) is 4.66. The fraction of sp³-hybridized carbons (Fsp3) is 0.758. The van der Waals surface area contributed by atoms with Crippen molar-refractivity contribution in [1.82, 2.24) is 5.32 Å². The molecule has 9 heteroatoms. The molecule has 1 aromatic carbocycles. The molecule has 0 saturated heterocycles. The third-order valence-corrected chi connectivity index (χ3v) is 8.73. The van der Waals surface area contributed by atoms with Crippen molar-refractivity contribution in [3.63, 3.8) is 0 Å². The summed E-state index contributed by atoms with van der Waals surface area (Å²) in [6.45, 7) is 9.54. The summed E-state index contributed by atoms with van der Waals surface area (Å²) in [7, 11) is 4.72. The minimum atomic E-state index is -0.796. The van der Waals surface area contributed by atoms with Crippen molar-refractivity contribution in [2.45, 2.75) is 97.2 Å². The van der Waals surface area contributed by atoms with Crippen LogP contribution in [0.15, 0.2) is 18.2 Å². The lowest BCUT2D eigenvalue weighted by molar-refractivity contribution is -0.146. The highest BCUT2D eigenvalue weighted by molar-refractivity contribution is 5.79. The standard InChI is InChI=1S/C33H56N2O7/c1-21(2)25(17-23-9-14-30(40-6)31(18-23)42-16-8-15-39-5)19-28(34)29(36)20-27(22(3)4)32(37)35-26-12-10-24(11-13-26)33(38)41-7/h9,14,18,21-22,24-29,36H,8,10-13,15-17,19-20,34H2,1-7H3,(H,35,37)/t24?,25-,26?,27-,28-,29?/m0/s1. The van der Waals surface area contributed by atoms with Gasteiger partial charge in [-0.05, 0) is 80.4 Å². The molecule has 1 aromatic rings. The van der Waals surface area contributed by atoms with E-state index in [0.29, 0.717) is 56.3 Å². The van der Waals surface area contributed by atoms with Gasteiger partial charge in [0.05, 0.1) is 32.8 Å². The third-order valence-electron chi connectivity index (χ3n) is 8.73. The minimum Gasteiger partial charge on any atom is -0.493 e. The van der Waals surface area contributed by atoms with E-state index >= 15 is 0 Å². The normalized spacial score (nSPS) is 20.1. The average molecular weight is 593 g/mol. The number of benzene rings is 1. The molecular formula is C33H56N2O7. The highest BCUT2D eigenvalue weighted by Crippen LogP contribution is 2.32. The van der Waals surface area contributed by atoms with Gasteiger partial charge in [-0.1, -0.05) is 33.8 Å². The maximum absolute atomic E-state index is 13.3. The molecule has 0 spiro atoms. The number of carbonyl (C=O) groups excluding carboxylic acids is 2. The zero-order valence-corrected chi connectivity index (χ0v) is 26.9. The van der Waals surface area contributed by atoms with Crippen molar-refractivity contribution < 1.29 is 33.6 Å². The number of nitrogens with one attached hydrogen (secondary N) is 1. The van der Waals surface area contributed by atoms with E-state index in [2.05, 4.69) is 25.2 Å². The number of amides is 1. The molecule has 1 amide bonds. The first-order valence-corrected chi connectivity index (χ1v) is 15.6. The maximum Gasteiger partial charge on any atom is 0.308 e. The van der Waals surface area contributed by atoms with Gasteiger partial charge in [-0.15, -0.1) is 0 Å². The van der Waals surface area contributed by atoms with E-state index in [1.807, 2.05) is 26.0 Å². The average Bonchev–Trinajstić information content (AvgIpc) is 2.97. The Balaban J connectivity index is 1.98. The number of ether oxygens (including phenoxy) is 4. The van der Waals surface area contributed by atoms with Crippen LogP contribution in [0.25, 0.3) is 0 Å². The van der Waals surface area contributed by atoms with Crippen molar-refractivity contribution >= 4 is 11.9 Å². The molecule has 0 heterocycles.